The van der Waals surface area contributed by atoms with Gasteiger partial charge in [-0.15, -0.1) is 6.58 Å². The van der Waals surface area contributed by atoms with Crippen LogP contribution in [0, 0.1) is 0 Å². The largest absolute Gasteiger partial charge is 0.103 e. The Morgan fingerprint density at radius 2 is 1.86 bits per heavy atom. The highest BCUT2D eigenvalue weighted by Crippen LogP contribution is 2.19. The van der Waals surface area contributed by atoms with E-state index in [0.717, 1.165) is 12.8 Å². The van der Waals surface area contributed by atoms with Crippen molar-refractivity contribution < 1.29 is 0 Å². The first-order valence-electron chi connectivity index (χ1n) is 5.19. The standard InChI is InChI=1S/C14H22/c1-6-9-13(8-3)11-14(10-7-2)12(4)5/h6-8,10H,1,9,11H2,2-5H3/b10-7-,13-8-. The molecule has 0 saturated heterocycles. The summed E-state index contributed by atoms with van der Waals surface area (Å²) in [6.45, 7) is 12.3. The molecule has 0 aromatic carbocycles. The number of hydrogen-bond acceptors (Lipinski definition) is 0. The lowest BCUT2D eigenvalue weighted by Gasteiger charge is -2.07. The average molecular weight is 190 g/mol. The van der Waals surface area contributed by atoms with Gasteiger partial charge in [0, 0.05) is 0 Å². The molecule has 0 aliphatic rings. The van der Waals surface area contributed by atoms with Gasteiger partial charge < -0.3 is 0 Å². The minimum Gasteiger partial charge on any atom is -0.103 e. The molecule has 0 unspecified atom stereocenters. The predicted molar refractivity (Wildman–Crippen MR) is 66.4 cm³/mol. The van der Waals surface area contributed by atoms with E-state index in [9.17, 15) is 0 Å². The van der Waals surface area contributed by atoms with Crippen LogP contribution in [0.1, 0.15) is 40.5 Å². The number of allylic oxidation sites excluding steroid dienone is 7. The zero-order valence-electron chi connectivity index (χ0n) is 9.93. The normalized spacial score (nSPS) is 11.9. The van der Waals surface area contributed by atoms with Crippen molar-refractivity contribution in [3.05, 3.63) is 47.6 Å². The fraction of sp³-hybridized carbons (Fsp3) is 0.429. The Kier molecular flexibility index (Phi) is 6.82. The van der Waals surface area contributed by atoms with E-state index in [1.54, 1.807) is 0 Å². The Morgan fingerprint density at radius 3 is 2.21 bits per heavy atom. The first kappa shape index (κ1) is 13.0. The molecule has 0 spiro atoms. The molecule has 14 heavy (non-hydrogen) atoms. The van der Waals surface area contributed by atoms with Gasteiger partial charge >= 0.3 is 0 Å². The predicted octanol–water partition coefficient (Wildman–Crippen LogP) is 4.81. The molecule has 0 aliphatic carbocycles. The van der Waals surface area contributed by atoms with Crippen LogP contribution in [-0.4, -0.2) is 0 Å². The van der Waals surface area contributed by atoms with Crippen molar-refractivity contribution in [2.45, 2.75) is 40.5 Å². The highest BCUT2D eigenvalue weighted by Gasteiger charge is 1.99. The third-order valence-electron chi connectivity index (χ3n) is 2.24. The van der Waals surface area contributed by atoms with Crippen LogP contribution < -0.4 is 0 Å². The van der Waals surface area contributed by atoms with Gasteiger partial charge in [-0.25, -0.2) is 0 Å². The van der Waals surface area contributed by atoms with Crippen LogP contribution in [0.15, 0.2) is 47.6 Å². The fourth-order valence-electron chi connectivity index (χ4n) is 1.33. The summed E-state index contributed by atoms with van der Waals surface area (Å²) in [6, 6.07) is 0. The Morgan fingerprint density at radius 1 is 1.21 bits per heavy atom. The van der Waals surface area contributed by atoms with Gasteiger partial charge in [0.05, 0.1) is 0 Å². The molecule has 0 bridgehead atoms. The summed E-state index contributed by atoms with van der Waals surface area (Å²) in [5.74, 6) is 0. The highest BCUT2D eigenvalue weighted by atomic mass is 14.0. The van der Waals surface area contributed by atoms with Gasteiger partial charge in [-0.3, -0.25) is 0 Å². The second kappa shape index (κ2) is 7.37. The maximum absolute atomic E-state index is 3.77. The van der Waals surface area contributed by atoms with Crippen molar-refractivity contribution in [3.63, 3.8) is 0 Å². The van der Waals surface area contributed by atoms with Crippen molar-refractivity contribution in [1.82, 2.24) is 0 Å². The van der Waals surface area contributed by atoms with Gasteiger partial charge in [0.15, 0.2) is 0 Å². The zero-order chi connectivity index (χ0) is 11.0. The zero-order valence-corrected chi connectivity index (χ0v) is 9.93. The monoisotopic (exact) mass is 190 g/mol. The maximum atomic E-state index is 3.77. The molecular formula is C14H22. The molecule has 0 nitrogen and oxygen atoms in total. The Hall–Kier alpha value is -1.04. The Balaban J connectivity index is 4.60. The van der Waals surface area contributed by atoms with Crippen LogP contribution in [0.25, 0.3) is 0 Å². The molecular weight excluding hydrogens is 168 g/mol. The lowest BCUT2D eigenvalue weighted by atomic mass is 9.99. The number of hydrogen-bond donors (Lipinski definition) is 0. The van der Waals surface area contributed by atoms with E-state index in [2.05, 4.69) is 52.5 Å². The average Bonchev–Trinajstić information content (AvgIpc) is 2.15. The summed E-state index contributed by atoms with van der Waals surface area (Å²) in [4.78, 5) is 0. The summed E-state index contributed by atoms with van der Waals surface area (Å²) >= 11 is 0. The van der Waals surface area contributed by atoms with Gasteiger partial charge in [0.1, 0.15) is 0 Å². The van der Waals surface area contributed by atoms with E-state index in [-0.39, 0.29) is 0 Å². The molecule has 0 heteroatoms. The molecule has 0 saturated carbocycles. The SMILES string of the molecule is C=CC/C(=C/C)CC(/C=C\C)=C(C)C. The molecule has 0 atom stereocenters. The topological polar surface area (TPSA) is 0 Å². The van der Waals surface area contributed by atoms with Crippen molar-refractivity contribution in [3.8, 4) is 0 Å². The molecule has 0 N–H and O–H groups in total. The van der Waals surface area contributed by atoms with Gasteiger partial charge in [0.25, 0.3) is 0 Å². The summed E-state index contributed by atoms with van der Waals surface area (Å²) < 4.78 is 0. The fourth-order valence-corrected chi connectivity index (χ4v) is 1.33. The van der Waals surface area contributed by atoms with Crippen LogP contribution in [0.3, 0.4) is 0 Å². The molecule has 0 heterocycles. The summed E-state index contributed by atoms with van der Waals surface area (Å²) in [5, 5.41) is 0. The molecule has 0 aromatic rings. The maximum Gasteiger partial charge on any atom is -0.00649 e. The van der Waals surface area contributed by atoms with Crippen molar-refractivity contribution in [1.29, 1.82) is 0 Å². The van der Waals surface area contributed by atoms with Gasteiger partial charge in [-0.2, -0.15) is 0 Å². The third kappa shape index (κ3) is 4.86. The molecule has 0 amide bonds. The lowest BCUT2D eigenvalue weighted by molar-refractivity contribution is 1.04. The minimum absolute atomic E-state index is 0.991. The van der Waals surface area contributed by atoms with Crippen molar-refractivity contribution in [2.75, 3.05) is 0 Å². The van der Waals surface area contributed by atoms with Crippen LogP contribution in [-0.2, 0) is 0 Å². The van der Waals surface area contributed by atoms with Gasteiger partial charge in [0.2, 0.25) is 0 Å². The van der Waals surface area contributed by atoms with Crippen LogP contribution in [0.2, 0.25) is 0 Å². The Bertz CT molecular complexity index is 258. The molecule has 0 aromatic heterocycles. The van der Waals surface area contributed by atoms with Crippen LogP contribution >= 0.6 is 0 Å². The molecule has 0 radical (unpaired) electrons. The van der Waals surface area contributed by atoms with Crippen molar-refractivity contribution in [2.24, 2.45) is 0 Å². The van der Waals surface area contributed by atoms with E-state index >= 15 is 0 Å². The second-order valence-corrected chi connectivity index (χ2v) is 3.64. The molecule has 0 aliphatic heterocycles. The van der Waals surface area contributed by atoms with Gasteiger partial charge in [-0.1, -0.05) is 35.5 Å². The number of rotatable bonds is 5. The second-order valence-electron chi connectivity index (χ2n) is 3.64. The molecule has 0 fully saturated rings. The van der Waals surface area contributed by atoms with Crippen LogP contribution in [0.5, 0.6) is 0 Å². The lowest BCUT2D eigenvalue weighted by Crippen LogP contribution is -1.87. The smallest absolute Gasteiger partial charge is 0.00649 e. The summed E-state index contributed by atoms with van der Waals surface area (Å²) in [5.41, 5.74) is 4.25. The first-order valence-corrected chi connectivity index (χ1v) is 5.19. The van der Waals surface area contributed by atoms with E-state index in [1.807, 2.05) is 6.08 Å². The molecule has 78 valence electrons. The van der Waals surface area contributed by atoms with Crippen molar-refractivity contribution >= 4 is 0 Å². The van der Waals surface area contributed by atoms with Gasteiger partial charge in [-0.05, 0) is 46.1 Å². The minimum atomic E-state index is 0.991. The van der Waals surface area contributed by atoms with E-state index < -0.39 is 0 Å². The first-order chi connectivity index (χ1) is 6.65. The summed E-state index contributed by atoms with van der Waals surface area (Å²) in [6.07, 6.45) is 10.5. The third-order valence-corrected chi connectivity index (χ3v) is 2.24. The quantitative estimate of drug-likeness (QED) is 0.431. The molecule has 0 rings (SSSR count). The van der Waals surface area contributed by atoms with Crippen LogP contribution in [0.4, 0.5) is 0 Å². The van der Waals surface area contributed by atoms with E-state index in [1.165, 1.54) is 16.7 Å². The summed E-state index contributed by atoms with van der Waals surface area (Å²) in [7, 11) is 0. The van der Waals surface area contributed by atoms with E-state index in [0.29, 0.717) is 0 Å². The Labute approximate surface area is 88.7 Å². The van der Waals surface area contributed by atoms with E-state index in [4.69, 9.17) is 0 Å². The highest BCUT2D eigenvalue weighted by molar-refractivity contribution is 5.29.